The van der Waals surface area contributed by atoms with Crippen molar-refractivity contribution < 1.29 is 4.79 Å². The monoisotopic (exact) mass is 371 g/mol. The van der Waals surface area contributed by atoms with Crippen LogP contribution in [0, 0.1) is 0 Å². The third-order valence-corrected chi connectivity index (χ3v) is 5.14. The zero-order chi connectivity index (χ0) is 18.5. The molecular formula is C22H17N3OS. The number of hydrogen-bond donors (Lipinski definition) is 1. The quantitative estimate of drug-likeness (QED) is 0.500. The van der Waals surface area contributed by atoms with Gasteiger partial charge >= 0.3 is 0 Å². The van der Waals surface area contributed by atoms with Crippen molar-refractivity contribution in [3.05, 3.63) is 85.1 Å². The number of thioether (sulfide) groups is 1. The molecule has 0 aliphatic carbocycles. The molecule has 0 radical (unpaired) electrons. The topological polar surface area (TPSA) is 54.9 Å². The first-order valence-electron chi connectivity index (χ1n) is 8.59. The zero-order valence-corrected chi connectivity index (χ0v) is 15.3. The van der Waals surface area contributed by atoms with E-state index in [-0.39, 0.29) is 11.7 Å². The summed E-state index contributed by atoms with van der Waals surface area (Å²) in [6.45, 7) is 0. The van der Waals surface area contributed by atoms with Gasteiger partial charge in [0.2, 0.25) is 5.91 Å². The predicted molar refractivity (Wildman–Crippen MR) is 111 cm³/mol. The van der Waals surface area contributed by atoms with Gasteiger partial charge in [0.15, 0.2) is 0 Å². The minimum Gasteiger partial charge on any atom is -0.325 e. The second-order valence-corrected chi connectivity index (χ2v) is 6.95. The summed E-state index contributed by atoms with van der Waals surface area (Å²) in [6.07, 6.45) is 1.73. The predicted octanol–water partition coefficient (Wildman–Crippen LogP) is 5.03. The summed E-state index contributed by atoms with van der Waals surface area (Å²) >= 11 is 1.39. The van der Waals surface area contributed by atoms with Crippen molar-refractivity contribution in [2.75, 3.05) is 11.1 Å². The molecule has 1 heterocycles. The maximum Gasteiger partial charge on any atom is 0.234 e. The van der Waals surface area contributed by atoms with Crippen molar-refractivity contribution >= 4 is 34.1 Å². The van der Waals surface area contributed by atoms with E-state index in [0.29, 0.717) is 0 Å². The summed E-state index contributed by atoms with van der Waals surface area (Å²) in [5.41, 5.74) is 2.88. The van der Waals surface area contributed by atoms with Crippen LogP contribution in [0.5, 0.6) is 0 Å². The molecule has 0 fully saturated rings. The van der Waals surface area contributed by atoms with Crippen LogP contribution in [-0.4, -0.2) is 21.9 Å². The third-order valence-electron chi connectivity index (χ3n) is 4.16. The Morgan fingerprint density at radius 2 is 1.63 bits per heavy atom. The van der Waals surface area contributed by atoms with Gasteiger partial charge in [-0.3, -0.25) is 4.79 Å². The van der Waals surface area contributed by atoms with Crippen LogP contribution in [0.2, 0.25) is 0 Å². The van der Waals surface area contributed by atoms with Gasteiger partial charge in [-0.2, -0.15) is 5.10 Å². The number of rotatable bonds is 5. The second kappa shape index (κ2) is 8.01. The third kappa shape index (κ3) is 3.99. The Labute approximate surface area is 161 Å². The highest BCUT2D eigenvalue weighted by molar-refractivity contribution is 8.00. The lowest BCUT2D eigenvalue weighted by Crippen LogP contribution is -2.14. The maximum atomic E-state index is 12.5. The molecule has 4 nitrogen and oxygen atoms in total. The van der Waals surface area contributed by atoms with E-state index in [1.807, 2.05) is 78.9 Å². The van der Waals surface area contributed by atoms with Gasteiger partial charge in [-0.05, 0) is 11.6 Å². The highest BCUT2D eigenvalue weighted by Crippen LogP contribution is 2.28. The molecule has 1 N–H and O–H groups in total. The standard InChI is InChI=1S/C22H17N3OS/c26-21(15-27-22-19-12-5-4-10-17(19)14-23-25-22)24-20-13-7-6-11-18(20)16-8-2-1-3-9-16/h1-14H,15H2,(H,24,26). The van der Waals surface area contributed by atoms with Crippen LogP contribution in [-0.2, 0) is 4.79 Å². The molecule has 1 aromatic heterocycles. The van der Waals surface area contributed by atoms with Gasteiger partial charge < -0.3 is 5.32 Å². The van der Waals surface area contributed by atoms with E-state index in [4.69, 9.17) is 0 Å². The molecule has 0 saturated carbocycles. The molecule has 0 saturated heterocycles. The number of carbonyl (C=O) groups is 1. The van der Waals surface area contributed by atoms with Crippen molar-refractivity contribution in [2.45, 2.75) is 5.03 Å². The van der Waals surface area contributed by atoms with Crippen LogP contribution in [0.4, 0.5) is 5.69 Å². The summed E-state index contributed by atoms with van der Waals surface area (Å²) in [7, 11) is 0. The Morgan fingerprint density at radius 1 is 0.889 bits per heavy atom. The van der Waals surface area contributed by atoms with Crippen molar-refractivity contribution in [1.29, 1.82) is 0 Å². The number of para-hydroxylation sites is 1. The first kappa shape index (κ1) is 17.2. The van der Waals surface area contributed by atoms with Gasteiger partial charge in [0.25, 0.3) is 0 Å². The number of fused-ring (bicyclic) bond motifs is 1. The van der Waals surface area contributed by atoms with Crippen LogP contribution in [0.25, 0.3) is 21.9 Å². The first-order valence-corrected chi connectivity index (χ1v) is 9.57. The summed E-state index contributed by atoms with van der Waals surface area (Å²) in [4.78, 5) is 12.5. The van der Waals surface area contributed by atoms with Crippen LogP contribution < -0.4 is 5.32 Å². The lowest BCUT2D eigenvalue weighted by molar-refractivity contribution is -0.113. The number of amides is 1. The molecular weight excluding hydrogens is 354 g/mol. The normalized spacial score (nSPS) is 10.7. The van der Waals surface area contributed by atoms with Crippen molar-refractivity contribution in [1.82, 2.24) is 10.2 Å². The average Bonchev–Trinajstić information content (AvgIpc) is 2.73. The van der Waals surface area contributed by atoms with Crippen LogP contribution in [0.1, 0.15) is 0 Å². The van der Waals surface area contributed by atoms with Crippen molar-refractivity contribution in [2.24, 2.45) is 0 Å². The number of hydrogen-bond acceptors (Lipinski definition) is 4. The largest absolute Gasteiger partial charge is 0.325 e. The summed E-state index contributed by atoms with van der Waals surface area (Å²) < 4.78 is 0. The van der Waals surface area contributed by atoms with E-state index >= 15 is 0 Å². The highest BCUT2D eigenvalue weighted by Gasteiger charge is 2.10. The van der Waals surface area contributed by atoms with Gasteiger partial charge in [-0.15, -0.1) is 5.10 Å². The fourth-order valence-electron chi connectivity index (χ4n) is 2.89. The van der Waals surface area contributed by atoms with Gasteiger partial charge in [0, 0.05) is 22.0 Å². The number of anilines is 1. The van der Waals surface area contributed by atoms with E-state index in [2.05, 4.69) is 15.5 Å². The Hall–Kier alpha value is -3.18. The smallest absolute Gasteiger partial charge is 0.234 e. The van der Waals surface area contributed by atoms with E-state index in [0.717, 1.165) is 32.6 Å². The molecule has 132 valence electrons. The Balaban J connectivity index is 1.49. The average molecular weight is 371 g/mol. The number of benzene rings is 3. The Morgan fingerprint density at radius 3 is 2.52 bits per heavy atom. The lowest BCUT2D eigenvalue weighted by Gasteiger charge is -2.11. The van der Waals surface area contributed by atoms with Gasteiger partial charge in [-0.1, -0.05) is 84.6 Å². The molecule has 4 rings (SSSR count). The fraction of sp³-hybridized carbons (Fsp3) is 0.0455. The van der Waals surface area contributed by atoms with Crippen molar-refractivity contribution in [3.8, 4) is 11.1 Å². The number of nitrogens with zero attached hydrogens (tertiary/aromatic N) is 2. The Kier molecular flexibility index (Phi) is 5.12. The zero-order valence-electron chi connectivity index (χ0n) is 14.5. The number of carbonyl (C=O) groups excluding carboxylic acids is 1. The fourth-order valence-corrected chi connectivity index (χ4v) is 3.68. The van der Waals surface area contributed by atoms with E-state index in [1.165, 1.54) is 11.8 Å². The summed E-state index contributed by atoms with van der Waals surface area (Å²) in [5.74, 6) is 0.198. The molecule has 27 heavy (non-hydrogen) atoms. The molecule has 4 aromatic rings. The minimum atomic E-state index is -0.0712. The summed E-state index contributed by atoms with van der Waals surface area (Å²) in [5, 5.41) is 14.0. The number of nitrogens with one attached hydrogen (secondary N) is 1. The number of aromatic nitrogens is 2. The van der Waals surface area contributed by atoms with E-state index in [9.17, 15) is 4.79 Å². The van der Waals surface area contributed by atoms with Crippen LogP contribution >= 0.6 is 11.8 Å². The SMILES string of the molecule is O=C(CSc1nncc2ccccc12)Nc1ccccc1-c1ccccc1. The van der Waals surface area contributed by atoms with E-state index in [1.54, 1.807) is 6.20 Å². The summed E-state index contributed by atoms with van der Waals surface area (Å²) in [6, 6.07) is 25.8. The molecule has 0 unspecified atom stereocenters. The van der Waals surface area contributed by atoms with Crippen molar-refractivity contribution in [3.63, 3.8) is 0 Å². The lowest BCUT2D eigenvalue weighted by atomic mass is 10.0. The first-order chi connectivity index (χ1) is 13.3. The highest BCUT2D eigenvalue weighted by atomic mass is 32.2. The molecule has 0 aliphatic heterocycles. The molecule has 0 bridgehead atoms. The molecule has 5 heteroatoms. The van der Waals surface area contributed by atoms with Gasteiger partial charge in [-0.25, -0.2) is 0 Å². The van der Waals surface area contributed by atoms with Crippen LogP contribution in [0.3, 0.4) is 0 Å². The van der Waals surface area contributed by atoms with Gasteiger partial charge in [0.1, 0.15) is 5.03 Å². The van der Waals surface area contributed by atoms with Gasteiger partial charge in [0.05, 0.1) is 11.9 Å². The molecule has 0 spiro atoms. The molecule has 0 atom stereocenters. The minimum absolute atomic E-state index is 0.0712. The maximum absolute atomic E-state index is 12.5. The van der Waals surface area contributed by atoms with Crippen LogP contribution in [0.15, 0.2) is 90.1 Å². The molecule has 0 aliphatic rings. The Bertz CT molecular complexity index is 1080. The molecule has 1 amide bonds. The molecule has 3 aromatic carbocycles. The van der Waals surface area contributed by atoms with E-state index < -0.39 is 0 Å². The second-order valence-electron chi connectivity index (χ2n) is 5.99.